The quantitative estimate of drug-likeness (QED) is 0.301. The molecule has 1 heterocycles. The zero-order valence-electron chi connectivity index (χ0n) is 17.7. The maximum absolute atomic E-state index is 13.1. The van der Waals surface area contributed by atoms with E-state index in [1.54, 1.807) is 11.7 Å². The Morgan fingerprint density at radius 3 is 1.85 bits per heavy atom. The van der Waals surface area contributed by atoms with Gasteiger partial charge in [0, 0.05) is 5.56 Å². The monoisotopic (exact) mass is 486 g/mol. The molecule has 0 bridgehead atoms. The zero-order valence-corrected chi connectivity index (χ0v) is 18.6. The van der Waals surface area contributed by atoms with Crippen LogP contribution < -0.4 is 9.38 Å². The van der Waals surface area contributed by atoms with Crippen LogP contribution in [0.25, 0.3) is 10.6 Å². The largest absolute Gasteiger partial charge is 0.416 e. The van der Waals surface area contributed by atoms with Gasteiger partial charge < -0.3 is 0 Å². The molecule has 2 aromatic carbocycles. The summed E-state index contributed by atoms with van der Waals surface area (Å²) in [6, 6.07) is 9.98. The lowest BCUT2D eigenvalue weighted by Crippen LogP contribution is -2.39. The molecule has 0 atom stereocenters. The van der Waals surface area contributed by atoms with Gasteiger partial charge in [0.05, 0.1) is 11.1 Å². The molecular weight excluding hydrogens is 464 g/mol. The lowest BCUT2D eigenvalue weighted by molar-refractivity contribution is -0.138. The maximum atomic E-state index is 13.1. The molecule has 1 aliphatic rings. The molecule has 3 aromatic rings. The van der Waals surface area contributed by atoms with Gasteiger partial charge >= 0.3 is 17.2 Å². The molecule has 0 radical (unpaired) electrons. The Hall–Kier alpha value is -2.62. The van der Waals surface area contributed by atoms with E-state index in [0.717, 1.165) is 61.2 Å². The Morgan fingerprint density at radius 1 is 0.818 bits per heavy atom. The Labute approximate surface area is 190 Å². The number of aryl methyl sites for hydroxylation is 1. The van der Waals surface area contributed by atoms with Gasteiger partial charge in [0.1, 0.15) is 18.8 Å². The predicted molar refractivity (Wildman–Crippen MR) is 115 cm³/mol. The minimum atomic E-state index is -4.42. The molecule has 10 heteroatoms. The average Bonchev–Trinajstić information content (AvgIpc) is 3.15. The van der Waals surface area contributed by atoms with Crippen LogP contribution in [0.1, 0.15) is 43.2 Å². The second-order valence-electron chi connectivity index (χ2n) is 8.09. The Balaban J connectivity index is 1.81. The number of alkyl halides is 6. The topological polar surface area (TPSA) is 20.8 Å². The number of rotatable bonds is 3. The second kappa shape index (κ2) is 8.96. The third-order valence-electron chi connectivity index (χ3n) is 5.78. The number of aromatic nitrogens is 2. The first-order valence-electron chi connectivity index (χ1n) is 10.6. The van der Waals surface area contributed by atoms with Gasteiger partial charge in [0.2, 0.25) is 0 Å². The summed E-state index contributed by atoms with van der Waals surface area (Å²) >= 11 is 1.31. The number of nitrogens with zero attached hydrogens (tertiary/aromatic N) is 3. The fourth-order valence-corrected chi connectivity index (χ4v) is 5.22. The molecule has 0 amide bonds. The van der Waals surface area contributed by atoms with E-state index < -0.39 is 23.5 Å². The average molecular weight is 487 g/mol. The van der Waals surface area contributed by atoms with Crippen molar-refractivity contribution in [3.05, 3.63) is 64.5 Å². The van der Waals surface area contributed by atoms with Crippen LogP contribution in [0.15, 0.2) is 48.5 Å². The first-order valence-corrected chi connectivity index (χ1v) is 11.4. The molecule has 3 nitrogen and oxygen atoms in total. The highest BCUT2D eigenvalue weighted by atomic mass is 32.1. The highest BCUT2D eigenvalue weighted by molar-refractivity contribution is 7.12. The van der Waals surface area contributed by atoms with E-state index in [1.807, 2.05) is 4.58 Å². The highest BCUT2D eigenvalue weighted by Crippen LogP contribution is 2.33. The van der Waals surface area contributed by atoms with Crippen LogP contribution >= 0.6 is 11.3 Å². The van der Waals surface area contributed by atoms with Crippen molar-refractivity contribution in [3.8, 4) is 10.6 Å². The van der Waals surface area contributed by atoms with Gasteiger partial charge in [-0.15, -0.1) is 4.68 Å². The van der Waals surface area contributed by atoms with E-state index in [9.17, 15) is 26.3 Å². The first-order chi connectivity index (χ1) is 15.5. The molecule has 0 unspecified atom stereocenters. The summed E-state index contributed by atoms with van der Waals surface area (Å²) in [4.78, 5) is 0.719. The summed E-state index contributed by atoms with van der Waals surface area (Å²) in [5.41, 5.74) is -0.269. The molecule has 1 aliphatic carbocycles. The van der Waals surface area contributed by atoms with Crippen LogP contribution in [0, 0.1) is 0 Å². The van der Waals surface area contributed by atoms with Gasteiger partial charge in [0.25, 0.3) is 0 Å². The minimum Gasteiger partial charge on any atom is -0.214 e. The van der Waals surface area contributed by atoms with E-state index in [1.165, 1.54) is 35.6 Å². The normalized spacial score (nSPS) is 16.7. The summed E-state index contributed by atoms with van der Waals surface area (Å²) < 4.78 is 81.5. The Kier molecular flexibility index (Phi) is 6.39. The number of benzene rings is 2. The van der Waals surface area contributed by atoms with Gasteiger partial charge in [-0.05, 0) is 73.4 Å². The maximum Gasteiger partial charge on any atom is 0.416 e. The number of hydrogen-bond acceptors (Lipinski definition) is 2. The Bertz CT molecular complexity index is 1170. The van der Waals surface area contributed by atoms with E-state index in [4.69, 9.17) is 0 Å². The summed E-state index contributed by atoms with van der Waals surface area (Å²) in [6.45, 7) is 0. The molecule has 4 rings (SSSR count). The van der Waals surface area contributed by atoms with Crippen molar-refractivity contribution in [1.82, 2.24) is 14.4 Å². The Morgan fingerprint density at radius 2 is 1.33 bits per heavy atom. The molecule has 0 spiro atoms. The van der Waals surface area contributed by atoms with Gasteiger partial charge in [-0.25, -0.2) is 4.58 Å². The van der Waals surface area contributed by atoms with Crippen molar-refractivity contribution in [2.75, 3.05) is 0 Å². The van der Waals surface area contributed by atoms with Crippen molar-refractivity contribution < 1.29 is 26.3 Å². The van der Waals surface area contributed by atoms with E-state index in [0.29, 0.717) is 16.3 Å². The molecule has 1 saturated carbocycles. The highest BCUT2D eigenvalue weighted by Gasteiger charge is 2.32. The number of hydrogen-bond donors (Lipinski definition) is 0. The van der Waals surface area contributed by atoms with Crippen LogP contribution in [-0.4, -0.2) is 15.8 Å². The zero-order chi connectivity index (χ0) is 23.8. The summed E-state index contributed by atoms with van der Waals surface area (Å²) in [5.74, 6) is 0. The first kappa shape index (κ1) is 23.5. The van der Waals surface area contributed by atoms with Gasteiger partial charge in [-0.3, -0.25) is 0 Å². The van der Waals surface area contributed by atoms with Crippen LogP contribution in [0.4, 0.5) is 32.0 Å². The molecule has 33 heavy (non-hydrogen) atoms. The molecule has 176 valence electrons. The molecule has 0 saturated heterocycles. The van der Waals surface area contributed by atoms with Crippen molar-refractivity contribution in [3.63, 3.8) is 0 Å². The lowest BCUT2D eigenvalue weighted by Gasteiger charge is -2.22. The molecule has 1 aromatic heterocycles. The summed E-state index contributed by atoms with van der Waals surface area (Å²) in [6.07, 6.45) is -3.88. The SMILES string of the molecule is Cn1nc(-c2ccc(C(F)(F)F)cc2)sc1=[N+](c1ccc(C(F)(F)F)cc1)C1CCCCC1. The standard InChI is InChI=1S/C23H22F6N3S/c1-31-21(33-20(30-31)15-7-9-16(10-8-15)22(24,25)26)32(18-5-3-2-4-6-18)19-13-11-17(12-14-19)23(27,28)29/h7-14,18H,2-6H2,1H3/q+1. The van der Waals surface area contributed by atoms with Gasteiger partial charge in [0.15, 0.2) is 5.01 Å². The van der Waals surface area contributed by atoms with Gasteiger partial charge in [-0.2, -0.15) is 26.3 Å². The summed E-state index contributed by atoms with van der Waals surface area (Å²) in [7, 11) is 1.74. The molecule has 1 fully saturated rings. The number of halogens is 6. The molecular formula is C23H22F6N3S+. The van der Waals surface area contributed by atoms with E-state index in [-0.39, 0.29) is 6.04 Å². The lowest BCUT2D eigenvalue weighted by atomic mass is 9.94. The van der Waals surface area contributed by atoms with Crippen molar-refractivity contribution in [2.24, 2.45) is 7.05 Å². The molecule has 0 N–H and O–H groups in total. The second-order valence-corrected chi connectivity index (χ2v) is 9.05. The fourth-order valence-electron chi connectivity index (χ4n) is 4.10. The molecule has 0 aliphatic heterocycles. The van der Waals surface area contributed by atoms with Gasteiger partial charge in [-0.1, -0.05) is 23.7 Å². The van der Waals surface area contributed by atoms with Crippen molar-refractivity contribution >= 4 is 17.0 Å². The van der Waals surface area contributed by atoms with Crippen LogP contribution in [-0.2, 0) is 19.4 Å². The third-order valence-corrected chi connectivity index (χ3v) is 6.94. The summed E-state index contributed by atoms with van der Waals surface area (Å²) in [5, 5.41) is 5.04. The van der Waals surface area contributed by atoms with Crippen molar-refractivity contribution in [2.45, 2.75) is 50.5 Å². The predicted octanol–water partition coefficient (Wildman–Crippen LogP) is 6.62. The van der Waals surface area contributed by atoms with Crippen LogP contribution in [0.5, 0.6) is 0 Å². The third kappa shape index (κ3) is 5.15. The fraction of sp³-hybridized carbons (Fsp3) is 0.391. The van der Waals surface area contributed by atoms with Crippen LogP contribution in [0.2, 0.25) is 0 Å². The van der Waals surface area contributed by atoms with E-state index >= 15 is 0 Å². The smallest absolute Gasteiger partial charge is 0.214 e. The van der Waals surface area contributed by atoms with E-state index in [2.05, 4.69) is 5.10 Å². The minimum absolute atomic E-state index is 0.0996. The van der Waals surface area contributed by atoms with Crippen molar-refractivity contribution in [1.29, 1.82) is 0 Å². The van der Waals surface area contributed by atoms with Crippen LogP contribution in [0.3, 0.4) is 0 Å².